The fourth-order valence-corrected chi connectivity index (χ4v) is 1.06. The fraction of sp³-hybridized carbons (Fsp3) is 0.500. The Morgan fingerprint density at radius 2 is 2.20 bits per heavy atom. The normalized spacial score (nSPS) is 24.9. The van der Waals surface area contributed by atoms with Gasteiger partial charge < -0.3 is 4.72 Å². The summed E-state index contributed by atoms with van der Waals surface area (Å²) in [6.07, 6.45) is -1.85. The lowest BCUT2D eigenvalue weighted by molar-refractivity contribution is -0.325. The van der Waals surface area contributed by atoms with E-state index in [4.69, 9.17) is 0 Å². The molecule has 0 saturated carbocycles. The van der Waals surface area contributed by atoms with Gasteiger partial charge in [0.25, 0.3) is 0 Å². The van der Waals surface area contributed by atoms with Gasteiger partial charge in [-0.05, 0) is 18.0 Å². The van der Waals surface area contributed by atoms with E-state index < -0.39 is 11.8 Å². The molecular weight excluding hydrogens is 167 g/mol. The Morgan fingerprint density at radius 3 is 2.60 bits per heavy atom. The first kappa shape index (κ1) is 7.74. The monoisotopic (exact) mass is 171 g/mol. The van der Waals surface area contributed by atoms with Gasteiger partial charge in [0.05, 0.1) is 0 Å². The second-order valence-corrected chi connectivity index (χ2v) is 2.46. The number of hydrogen-bond donors (Lipinski definition) is 1. The van der Waals surface area contributed by atoms with Gasteiger partial charge in [-0.15, -0.1) is 13.2 Å². The summed E-state index contributed by atoms with van der Waals surface area (Å²) < 4.78 is 40.3. The van der Waals surface area contributed by atoms with Crippen molar-refractivity contribution >= 4 is 11.9 Å². The molecule has 1 rings (SSSR count). The van der Waals surface area contributed by atoms with E-state index in [1.165, 1.54) is 12.3 Å². The molecular formula is C4H4F3NOS. The van der Waals surface area contributed by atoms with Crippen LogP contribution in [0.4, 0.5) is 13.2 Å². The molecule has 0 saturated heterocycles. The Labute approximate surface area is 59.6 Å². The highest BCUT2D eigenvalue weighted by Crippen LogP contribution is 2.25. The van der Waals surface area contributed by atoms with Crippen molar-refractivity contribution in [3.8, 4) is 0 Å². The number of ether oxygens (including phenoxy) is 1. The van der Waals surface area contributed by atoms with Gasteiger partial charge in [-0.3, -0.25) is 4.74 Å². The highest BCUT2D eigenvalue weighted by molar-refractivity contribution is 7.98. The minimum absolute atomic E-state index is 0.866. The van der Waals surface area contributed by atoms with Crippen LogP contribution < -0.4 is 4.72 Å². The summed E-state index contributed by atoms with van der Waals surface area (Å²) in [5.74, 6) is 0. The van der Waals surface area contributed by atoms with Gasteiger partial charge in [0.15, 0.2) is 5.44 Å². The number of alkyl halides is 3. The zero-order valence-corrected chi connectivity index (χ0v) is 5.50. The van der Waals surface area contributed by atoms with E-state index in [0.29, 0.717) is 0 Å². The van der Waals surface area contributed by atoms with E-state index in [0.717, 1.165) is 11.9 Å². The molecule has 0 spiro atoms. The summed E-state index contributed by atoms with van der Waals surface area (Å²) >= 11 is 0.866. The molecule has 6 heteroatoms. The van der Waals surface area contributed by atoms with E-state index in [-0.39, 0.29) is 0 Å². The Hall–Kier alpha value is -0.360. The third kappa shape index (κ3) is 2.49. The maximum atomic E-state index is 11.4. The topological polar surface area (TPSA) is 21.3 Å². The van der Waals surface area contributed by atoms with Crippen LogP contribution in [0.15, 0.2) is 12.3 Å². The summed E-state index contributed by atoms with van der Waals surface area (Å²) in [4.78, 5) is 0. The third-order valence-corrected chi connectivity index (χ3v) is 1.51. The molecule has 0 radical (unpaired) electrons. The summed E-state index contributed by atoms with van der Waals surface area (Å²) in [7, 11) is 0. The highest BCUT2D eigenvalue weighted by atomic mass is 32.2. The molecule has 0 amide bonds. The molecule has 0 fully saturated rings. The highest BCUT2D eigenvalue weighted by Gasteiger charge is 2.33. The van der Waals surface area contributed by atoms with Gasteiger partial charge in [0.1, 0.15) is 0 Å². The maximum Gasteiger partial charge on any atom is 0.523 e. The minimum atomic E-state index is -4.55. The summed E-state index contributed by atoms with van der Waals surface area (Å²) in [5, 5.41) is 0. The van der Waals surface area contributed by atoms with Crippen LogP contribution in [-0.2, 0) is 4.74 Å². The predicted molar refractivity (Wildman–Crippen MR) is 30.8 cm³/mol. The van der Waals surface area contributed by atoms with Crippen LogP contribution in [-0.4, -0.2) is 11.8 Å². The second-order valence-electron chi connectivity index (χ2n) is 1.53. The molecule has 0 aromatic carbocycles. The van der Waals surface area contributed by atoms with Gasteiger partial charge >= 0.3 is 6.36 Å². The number of hydrogen-bond acceptors (Lipinski definition) is 3. The summed E-state index contributed by atoms with van der Waals surface area (Å²) in [6.45, 7) is 0. The van der Waals surface area contributed by atoms with Gasteiger partial charge in [0, 0.05) is 6.20 Å². The Balaban J connectivity index is 2.31. The minimum Gasteiger partial charge on any atom is -0.334 e. The molecule has 2 nitrogen and oxygen atoms in total. The smallest absolute Gasteiger partial charge is 0.334 e. The van der Waals surface area contributed by atoms with E-state index in [1.54, 1.807) is 0 Å². The maximum absolute atomic E-state index is 11.4. The van der Waals surface area contributed by atoms with Gasteiger partial charge in [-0.1, -0.05) is 0 Å². The Morgan fingerprint density at radius 1 is 1.50 bits per heavy atom. The number of halogens is 3. The predicted octanol–water partition coefficient (Wildman–Crippen LogP) is 1.61. The van der Waals surface area contributed by atoms with Crippen molar-refractivity contribution in [1.82, 2.24) is 4.72 Å². The Kier molecular flexibility index (Phi) is 2.10. The molecule has 1 aliphatic heterocycles. The molecule has 1 N–H and O–H groups in total. The lowest BCUT2D eigenvalue weighted by Crippen LogP contribution is -2.19. The van der Waals surface area contributed by atoms with Crippen molar-refractivity contribution < 1.29 is 17.9 Å². The van der Waals surface area contributed by atoms with Crippen molar-refractivity contribution in [1.29, 1.82) is 0 Å². The molecule has 1 atom stereocenters. The molecule has 0 aromatic heterocycles. The van der Waals surface area contributed by atoms with Crippen LogP contribution in [0.2, 0.25) is 0 Å². The largest absolute Gasteiger partial charge is 0.523 e. The third-order valence-electron chi connectivity index (χ3n) is 0.755. The zero-order valence-electron chi connectivity index (χ0n) is 4.68. The van der Waals surface area contributed by atoms with Crippen LogP contribution in [0.25, 0.3) is 0 Å². The van der Waals surface area contributed by atoms with Crippen LogP contribution >= 0.6 is 11.9 Å². The molecule has 10 heavy (non-hydrogen) atoms. The fourth-order valence-electron chi connectivity index (χ4n) is 0.459. The molecule has 1 unspecified atom stereocenters. The average Bonchev–Trinajstić information content (AvgIpc) is 2.12. The first-order chi connectivity index (χ1) is 4.58. The van der Waals surface area contributed by atoms with E-state index >= 15 is 0 Å². The molecule has 1 heterocycles. The van der Waals surface area contributed by atoms with Crippen LogP contribution in [0.1, 0.15) is 0 Å². The van der Waals surface area contributed by atoms with E-state index in [1.807, 2.05) is 0 Å². The molecule has 0 aromatic rings. The van der Waals surface area contributed by atoms with Gasteiger partial charge in [0.2, 0.25) is 0 Å². The number of rotatable bonds is 1. The SMILES string of the molecule is FC(F)(F)OC1C=CNS1. The standard InChI is InChI=1S/C4H4F3NOS/c5-4(6,7)9-3-1-2-8-10-3/h1-3,8H. The first-order valence-electron chi connectivity index (χ1n) is 2.40. The van der Waals surface area contributed by atoms with Crippen molar-refractivity contribution in [3.05, 3.63) is 12.3 Å². The molecule has 0 bridgehead atoms. The molecule has 1 aliphatic rings. The van der Waals surface area contributed by atoms with Gasteiger partial charge in [-0.2, -0.15) is 0 Å². The quantitative estimate of drug-likeness (QED) is 0.605. The molecule has 58 valence electrons. The number of nitrogens with one attached hydrogen (secondary N) is 1. The van der Waals surface area contributed by atoms with Crippen LogP contribution in [0.5, 0.6) is 0 Å². The van der Waals surface area contributed by atoms with E-state index in [9.17, 15) is 13.2 Å². The lowest BCUT2D eigenvalue weighted by Gasteiger charge is -2.10. The Bertz CT molecular complexity index is 146. The van der Waals surface area contributed by atoms with Crippen LogP contribution in [0, 0.1) is 0 Å². The first-order valence-corrected chi connectivity index (χ1v) is 3.28. The van der Waals surface area contributed by atoms with Crippen molar-refractivity contribution in [2.24, 2.45) is 0 Å². The van der Waals surface area contributed by atoms with Gasteiger partial charge in [-0.25, -0.2) is 0 Å². The van der Waals surface area contributed by atoms with Crippen LogP contribution in [0.3, 0.4) is 0 Å². The average molecular weight is 171 g/mol. The van der Waals surface area contributed by atoms with Crippen molar-refractivity contribution in [2.45, 2.75) is 11.8 Å². The van der Waals surface area contributed by atoms with Crippen molar-refractivity contribution in [3.63, 3.8) is 0 Å². The van der Waals surface area contributed by atoms with Crippen molar-refractivity contribution in [2.75, 3.05) is 0 Å². The summed E-state index contributed by atoms with van der Waals surface area (Å²) in [6, 6.07) is 0. The van der Waals surface area contributed by atoms with E-state index in [2.05, 4.69) is 9.46 Å². The summed E-state index contributed by atoms with van der Waals surface area (Å²) in [5.41, 5.74) is -0.944. The zero-order chi connectivity index (χ0) is 7.61. The molecule has 0 aliphatic carbocycles. The second kappa shape index (κ2) is 2.71. The lowest BCUT2D eigenvalue weighted by atomic mass is 10.6.